The molecular formula is C12H18N6O2S. The van der Waals surface area contributed by atoms with Crippen LogP contribution >= 0.6 is 0 Å². The highest BCUT2D eigenvalue weighted by Gasteiger charge is 2.18. The third kappa shape index (κ3) is 4.23. The molecule has 0 aromatic carbocycles. The summed E-state index contributed by atoms with van der Waals surface area (Å²) in [5, 5.41) is 9.48. The molecule has 0 spiro atoms. The molecule has 0 unspecified atom stereocenters. The molecule has 2 rings (SSSR count). The Kier molecular flexibility index (Phi) is 5.23. The summed E-state index contributed by atoms with van der Waals surface area (Å²) in [5.74, 6) is 0.633. The van der Waals surface area contributed by atoms with E-state index in [1.165, 1.54) is 12.5 Å². The van der Waals surface area contributed by atoms with Crippen molar-refractivity contribution in [2.75, 3.05) is 18.4 Å². The molecule has 3 N–H and O–H groups in total. The fraction of sp³-hybridized carbons (Fsp3) is 0.417. The van der Waals surface area contributed by atoms with Gasteiger partial charge in [-0.05, 0) is 12.5 Å². The average Bonchev–Trinajstić information content (AvgIpc) is 2.98. The first-order chi connectivity index (χ1) is 10.1. The van der Waals surface area contributed by atoms with E-state index >= 15 is 0 Å². The number of sulfonamides is 1. The zero-order valence-corrected chi connectivity index (χ0v) is 12.5. The highest BCUT2D eigenvalue weighted by Crippen LogP contribution is 2.19. The Bertz CT molecular complexity index is 656. The Balaban J connectivity index is 2.04. The first kappa shape index (κ1) is 15.4. The molecule has 0 saturated heterocycles. The van der Waals surface area contributed by atoms with Gasteiger partial charge in [-0.1, -0.05) is 6.92 Å². The van der Waals surface area contributed by atoms with E-state index in [0.29, 0.717) is 24.5 Å². The van der Waals surface area contributed by atoms with Gasteiger partial charge in [0, 0.05) is 31.9 Å². The third-order valence-electron chi connectivity index (χ3n) is 2.76. The minimum absolute atomic E-state index is 0.149. The normalized spacial score (nSPS) is 11.5. The molecule has 0 aliphatic heterocycles. The van der Waals surface area contributed by atoms with Crippen LogP contribution in [-0.4, -0.2) is 41.7 Å². The maximum atomic E-state index is 12.3. The molecule has 0 bridgehead atoms. The van der Waals surface area contributed by atoms with Crippen LogP contribution in [-0.2, 0) is 16.4 Å². The summed E-state index contributed by atoms with van der Waals surface area (Å²) < 4.78 is 27.1. The number of H-pyrrole nitrogens is 1. The van der Waals surface area contributed by atoms with Crippen LogP contribution in [0.3, 0.4) is 0 Å². The number of pyridine rings is 1. The number of hydrogen-bond donors (Lipinski definition) is 3. The third-order valence-corrected chi connectivity index (χ3v) is 4.25. The number of hydrogen-bond acceptors (Lipinski definition) is 6. The molecule has 8 nitrogen and oxygen atoms in total. The van der Waals surface area contributed by atoms with Crippen LogP contribution in [0.2, 0.25) is 0 Å². The van der Waals surface area contributed by atoms with Gasteiger partial charge in [-0.15, -0.1) is 0 Å². The van der Waals surface area contributed by atoms with Crippen molar-refractivity contribution in [1.82, 2.24) is 24.9 Å². The second-order valence-electron chi connectivity index (χ2n) is 4.38. The predicted molar refractivity (Wildman–Crippen MR) is 78.3 cm³/mol. The topological polar surface area (TPSA) is 113 Å². The van der Waals surface area contributed by atoms with Crippen molar-refractivity contribution in [3.63, 3.8) is 0 Å². The first-order valence-corrected chi connectivity index (χ1v) is 8.13. The van der Waals surface area contributed by atoms with Gasteiger partial charge < -0.3 is 5.32 Å². The lowest BCUT2D eigenvalue weighted by Crippen LogP contribution is -2.27. The zero-order chi connectivity index (χ0) is 15.1. The fourth-order valence-electron chi connectivity index (χ4n) is 1.73. The molecule has 0 amide bonds. The van der Waals surface area contributed by atoms with Crippen LogP contribution in [0.15, 0.2) is 29.7 Å². The van der Waals surface area contributed by atoms with Crippen molar-refractivity contribution in [2.24, 2.45) is 0 Å². The van der Waals surface area contributed by atoms with Crippen molar-refractivity contribution in [3.05, 3.63) is 30.6 Å². The number of rotatable bonds is 8. The molecule has 2 aromatic rings. The van der Waals surface area contributed by atoms with Crippen LogP contribution in [0.4, 0.5) is 5.69 Å². The van der Waals surface area contributed by atoms with Crippen molar-refractivity contribution in [2.45, 2.75) is 24.7 Å². The molecule has 0 aliphatic carbocycles. The molecule has 0 saturated carbocycles. The molecule has 0 atom stereocenters. The quantitative estimate of drug-likeness (QED) is 0.656. The summed E-state index contributed by atoms with van der Waals surface area (Å²) in [7, 11) is -3.61. The van der Waals surface area contributed by atoms with E-state index in [2.05, 4.69) is 30.2 Å². The van der Waals surface area contributed by atoms with Crippen LogP contribution in [0.25, 0.3) is 0 Å². The van der Waals surface area contributed by atoms with Gasteiger partial charge in [0.15, 0.2) is 0 Å². The second kappa shape index (κ2) is 7.14. The Morgan fingerprint density at radius 2 is 2.19 bits per heavy atom. The molecule has 0 radical (unpaired) electrons. The van der Waals surface area contributed by atoms with E-state index in [1.807, 2.05) is 6.92 Å². The van der Waals surface area contributed by atoms with E-state index in [9.17, 15) is 8.42 Å². The smallest absolute Gasteiger partial charge is 0.244 e. The fourth-order valence-corrected chi connectivity index (χ4v) is 2.89. The number of aromatic nitrogens is 4. The van der Waals surface area contributed by atoms with Crippen molar-refractivity contribution in [1.29, 1.82) is 0 Å². The number of nitrogens with zero attached hydrogens (tertiary/aromatic N) is 3. The largest absolute Gasteiger partial charge is 0.384 e. The van der Waals surface area contributed by atoms with E-state index in [-0.39, 0.29) is 11.4 Å². The lowest BCUT2D eigenvalue weighted by atomic mass is 10.4. The molecule has 2 aromatic heterocycles. The highest BCUT2D eigenvalue weighted by molar-refractivity contribution is 7.89. The van der Waals surface area contributed by atoms with Crippen LogP contribution < -0.4 is 10.0 Å². The van der Waals surface area contributed by atoms with Gasteiger partial charge >= 0.3 is 0 Å². The molecule has 9 heteroatoms. The highest BCUT2D eigenvalue weighted by atomic mass is 32.2. The molecular weight excluding hydrogens is 292 g/mol. The lowest BCUT2D eigenvalue weighted by Gasteiger charge is -2.11. The molecule has 0 aliphatic rings. The Labute approximate surface area is 123 Å². The van der Waals surface area contributed by atoms with Gasteiger partial charge in [0.05, 0.1) is 5.69 Å². The van der Waals surface area contributed by atoms with Gasteiger partial charge in [0.1, 0.15) is 17.0 Å². The summed E-state index contributed by atoms with van der Waals surface area (Å²) >= 11 is 0. The predicted octanol–water partition coefficient (Wildman–Crippen LogP) is 0.543. The second-order valence-corrected chi connectivity index (χ2v) is 6.11. The van der Waals surface area contributed by atoms with Gasteiger partial charge in [-0.3, -0.25) is 10.1 Å². The van der Waals surface area contributed by atoms with Gasteiger partial charge in [-0.2, -0.15) is 5.10 Å². The van der Waals surface area contributed by atoms with Crippen molar-refractivity contribution >= 4 is 15.7 Å². The molecule has 2 heterocycles. The van der Waals surface area contributed by atoms with Crippen molar-refractivity contribution < 1.29 is 8.42 Å². The van der Waals surface area contributed by atoms with E-state index in [0.717, 1.165) is 6.42 Å². The molecule has 0 fully saturated rings. The van der Waals surface area contributed by atoms with Gasteiger partial charge in [0.25, 0.3) is 0 Å². The number of anilines is 1. The van der Waals surface area contributed by atoms with E-state index < -0.39 is 10.0 Å². The Morgan fingerprint density at radius 1 is 1.33 bits per heavy atom. The van der Waals surface area contributed by atoms with E-state index in [4.69, 9.17) is 0 Å². The Morgan fingerprint density at radius 3 is 2.90 bits per heavy atom. The van der Waals surface area contributed by atoms with Gasteiger partial charge in [0.2, 0.25) is 10.0 Å². The van der Waals surface area contributed by atoms with Crippen molar-refractivity contribution in [3.8, 4) is 0 Å². The summed E-state index contributed by atoms with van der Waals surface area (Å²) in [4.78, 5) is 7.98. The van der Waals surface area contributed by atoms with Gasteiger partial charge in [-0.25, -0.2) is 18.1 Å². The minimum atomic E-state index is -3.61. The summed E-state index contributed by atoms with van der Waals surface area (Å²) in [6.07, 6.45) is 5.63. The summed E-state index contributed by atoms with van der Waals surface area (Å²) in [6.45, 7) is 2.95. The van der Waals surface area contributed by atoms with Crippen LogP contribution in [0.1, 0.15) is 19.2 Å². The SMILES string of the molecule is CCCNc1ccncc1S(=O)(=O)NCCc1ncn[nH]1. The van der Waals surface area contributed by atoms with Crippen LogP contribution in [0, 0.1) is 0 Å². The molecule has 21 heavy (non-hydrogen) atoms. The lowest BCUT2D eigenvalue weighted by molar-refractivity contribution is 0.580. The summed E-state index contributed by atoms with van der Waals surface area (Å²) in [5.41, 5.74) is 0.555. The maximum Gasteiger partial charge on any atom is 0.244 e. The number of nitrogens with one attached hydrogen (secondary N) is 3. The molecule has 114 valence electrons. The monoisotopic (exact) mass is 310 g/mol. The average molecular weight is 310 g/mol. The zero-order valence-electron chi connectivity index (χ0n) is 11.7. The summed E-state index contributed by atoms with van der Waals surface area (Å²) in [6, 6.07) is 1.65. The maximum absolute atomic E-state index is 12.3. The minimum Gasteiger partial charge on any atom is -0.384 e. The Hall–Kier alpha value is -2.00. The standard InChI is InChI=1S/C12H18N6O2S/c1-2-5-14-10-3-6-13-8-11(10)21(19,20)17-7-4-12-15-9-16-18-12/h3,6,8-9,17H,2,4-5,7H2,1H3,(H,13,14)(H,15,16,18). The number of aromatic amines is 1. The van der Waals surface area contributed by atoms with E-state index in [1.54, 1.807) is 12.3 Å². The first-order valence-electron chi connectivity index (χ1n) is 6.65. The van der Waals surface area contributed by atoms with Crippen LogP contribution in [0.5, 0.6) is 0 Å².